The molecule has 1 atom stereocenters. The Morgan fingerprint density at radius 2 is 1.63 bits per heavy atom. The van der Waals surface area contributed by atoms with Crippen molar-refractivity contribution in [1.82, 2.24) is 0 Å². The SMILES string of the molecule is CCOC(=O)C=C(C)C(C)=CCC(C)CC=C(C)C. The lowest BCUT2D eigenvalue weighted by molar-refractivity contribution is -0.137. The summed E-state index contributed by atoms with van der Waals surface area (Å²) in [5, 5.41) is 0. The molecule has 0 aromatic heterocycles. The third-order valence-corrected chi connectivity index (χ3v) is 3.00. The third kappa shape index (κ3) is 9.29. The molecule has 0 radical (unpaired) electrons. The van der Waals surface area contributed by atoms with Crippen LogP contribution in [-0.2, 0) is 9.53 Å². The van der Waals surface area contributed by atoms with Crippen LogP contribution < -0.4 is 0 Å². The van der Waals surface area contributed by atoms with Crippen molar-refractivity contribution in [2.75, 3.05) is 6.61 Å². The summed E-state index contributed by atoms with van der Waals surface area (Å²) in [7, 11) is 0. The molecule has 0 aliphatic rings. The molecule has 0 spiro atoms. The number of hydrogen-bond donors (Lipinski definition) is 0. The van der Waals surface area contributed by atoms with E-state index in [-0.39, 0.29) is 5.97 Å². The third-order valence-electron chi connectivity index (χ3n) is 3.00. The van der Waals surface area contributed by atoms with Gasteiger partial charge < -0.3 is 4.74 Å². The normalized spacial score (nSPS) is 14.0. The highest BCUT2D eigenvalue weighted by Gasteiger charge is 2.02. The maximum atomic E-state index is 11.3. The van der Waals surface area contributed by atoms with Crippen LogP contribution >= 0.6 is 0 Å². The van der Waals surface area contributed by atoms with Gasteiger partial charge in [0.15, 0.2) is 0 Å². The van der Waals surface area contributed by atoms with Crippen LogP contribution in [0.5, 0.6) is 0 Å². The number of carbonyl (C=O) groups is 1. The Balaban J connectivity index is 4.39. The lowest BCUT2D eigenvalue weighted by atomic mass is 9.99. The van der Waals surface area contributed by atoms with Gasteiger partial charge in [0, 0.05) is 6.08 Å². The first kappa shape index (κ1) is 17.7. The first-order chi connectivity index (χ1) is 8.86. The Morgan fingerprint density at radius 3 is 2.16 bits per heavy atom. The Morgan fingerprint density at radius 1 is 1.05 bits per heavy atom. The molecule has 0 aromatic carbocycles. The van der Waals surface area contributed by atoms with Crippen LogP contribution in [0.2, 0.25) is 0 Å². The molecule has 0 N–H and O–H groups in total. The van der Waals surface area contributed by atoms with Gasteiger partial charge in [-0.1, -0.05) is 30.2 Å². The summed E-state index contributed by atoms with van der Waals surface area (Å²) in [5.41, 5.74) is 3.50. The van der Waals surface area contributed by atoms with Gasteiger partial charge in [-0.15, -0.1) is 0 Å². The summed E-state index contributed by atoms with van der Waals surface area (Å²) in [4.78, 5) is 11.3. The minimum absolute atomic E-state index is 0.259. The summed E-state index contributed by atoms with van der Waals surface area (Å²) < 4.78 is 4.90. The van der Waals surface area contributed by atoms with Crippen molar-refractivity contribution in [1.29, 1.82) is 0 Å². The number of hydrogen-bond acceptors (Lipinski definition) is 2. The van der Waals surface area contributed by atoms with Crippen molar-refractivity contribution in [3.63, 3.8) is 0 Å². The quantitative estimate of drug-likeness (QED) is 0.285. The smallest absolute Gasteiger partial charge is 0.331 e. The highest BCUT2D eigenvalue weighted by Crippen LogP contribution is 2.15. The molecule has 0 saturated carbocycles. The fourth-order valence-corrected chi connectivity index (χ4v) is 1.55. The van der Waals surface area contributed by atoms with Gasteiger partial charge in [-0.3, -0.25) is 0 Å². The Kier molecular flexibility index (Phi) is 8.94. The van der Waals surface area contributed by atoms with Gasteiger partial charge in [-0.2, -0.15) is 0 Å². The van der Waals surface area contributed by atoms with Crippen molar-refractivity contribution < 1.29 is 9.53 Å². The van der Waals surface area contributed by atoms with Crippen molar-refractivity contribution in [2.45, 2.75) is 54.4 Å². The van der Waals surface area contributed by atoms with Crippen LogP contribution in [0.3, 0.4) is 0 Å². The van der Waals surface area contributed by atoms with Gasteiger partial charge in [-0.25, -0.2) is 4.79 Å². The second-order valence-electron chi connectivity index (χ2n) is 5.32. The average Bonchev–Trinajstić information content (AvgIpc) is 2.33. The molecule has 0 amide bonds. The molecular weight excluding hydrogens is 236 g/mol. The van der Waals surface area contributed by atoms with E-state index in [9.17, 15) is 4.79 Å². The molecule has 0 aromatic rings. The van der Waals surface area contributed by atoms with Crippen LogP contribution in [0.15, 0.2) is 34.9 Å². The summed E-state index contributed by atoms with van der Waals surface area (Å²) in [6.45, 7) is 12.7. The molecule has 1 unspecified atom stereocenters. The minimum atomic E-state index is -0.259. The van der Waals surface area contributed by atoms with E-state index in [4.69, 9.17) is 4.74 Å². The first-order valence-electron chi connectivity index (χ1n) is 7.02. The maximum absolute atomic E-state index is 11.3. The molecule has 19 heavy (non-hydrogen) atoms. The second kappa shape index (κ2) is 9.60. The number of ether oxygens (including phenoxy) is 1. The van der Waals surface area contributed by atoms with Crippen LogP contribution in [0.25, 0.3) is 0 Å². The summed E-state index contributed by atoms with van der Waals surface area (Å²) in [5.74, 6) is 0.366. The van der Waals surface area contributed by atoms with Crippen molar-refractivity contribution in [3.8, 4) is 0 Å². The van der Waals surface area contributed by atoms with Crippen molar-refractivity contribution in [2.24, 2.45) is 5.92 Å². The molecule has 0 bridgehead atoms. The molecule has 0 aliphatic heterocycles. The first-order valence-corrected chi connectivity index (χ1v) is 7.02. The molecule has 2 heteroatoms. The number of allylic oxidation sites excluding steroid dienone is 5. The summed E-state index contributed by atoms with van der Waals surface area (Å²) in [6.07, 6.45) is 8.18. The van der Waals surface area contributed by atoms with Crippen molar-refractivity contribution in [3.05, 3.63) is 34.9 Å². The van der Waals surface area contributed by atoms with Gasteiger partial charge >= 0.3 is 5.97 Å². The van der Waals surface area contributed by atoms with E-state index in [1.165, 1.54) is 5.57 Å². The average molecular weight is 264 g/mol. The molecule has 0 saturated heterocycles. The van der Waals surface area contributed by atoms with Crippen LogP contribution in [0.1, 0.15) is 54.4 Å². The zero-order valence-corrected chi connectivity index (χ0v) is 13.2. The summed E-state index contributed by atoms with van der Waals surface area (Å²) in [6, 6.07) is 0. The van der Waals surface area contributed by atoms with Crippen LogP contribution in [0, 0.1) is 5.92 Å². The molecule has 0 aliphatic carbocycles. The van der Waals surface area contributed by atoms with E-state index in [1.54, 1.807) is 6.08 Å². The Hall–Kier alpha value is -1.31. The van der Waals surface area contributed by atoms with Gasteiger partial charge in [0.25, 0.3) is 0 Å². The van der Waals surface area contributed by atoms with E-state index >= 15 is 0 Å². The van der Waals surface area contributed by atoms with Crippen LogP contribution in [0.4, 0.5) is 0 Å². The molecule has 108 valence electrons. The van der Waals surface area contributed by atoms with Gasteiger partial charge in [0.1, 0.15) is 0 Å². The highest BCUT2D eigenvalue weighted by atomic mass is 16.5. The van der Waals surface area contributed by atoms with E-state index in [0.29, 0.717) is 12.5 Å². The molecule has 0 rings (SSSR count). The topological polar surface area (TPSA) is 26.3 Å². The standard InChI is InChI=1S/C17H28O2/c1-7-19-17(18)12-16(6)15(5)11-10-14(4)9-8-13(2)3/h8,11-12,14H,7,9-10H2,1-6H3. The fourth-order valence-electron chi connectivity index (χ4n) is 1.55. The lowest BCUT2D eigenvalue weighted by Crippen LogP contribution is -2.01. The predicted octanol–water partition coefficient (Wildman–Crippen LogP) is 4.82. The Bertz CT molecular complexity index is 369. The minimum Gasteiger partial charge on any atom is -0.463 e. The zero-order chi connectivity index (χ0) is 14.8. The van der Waals surface area contributed by atoms with Gasteiger partial charge in [0.2, 0.25) is 0 Å². The Labute approximate surface area is 118 Å². The van der Waals surface area contributed by atoms with Gasteiger partial charge in [0.05, 0.1) is 6.61 Å². The fraction of sp³-hybridized carbons (Fsp3) is 0.588. The highest BCUT2D eigenvalue weighted by molar-refractivity contribution is 5.83. The van der Waals surface area contributed by atoms with E-state index in [2.05, 4.69) is 32.9 Å². The maximum Gasteiger partial charge on any atom is 0.331 e. The summed E-state index contributed by atoms with van der Waals surface area (Å²) >= 11 is 0. The predicted molar refractivity (Wildman–Crippen MR) is 82.0 cm³/mol. The van der Waals surface area contributed by atoms with E-state index in [1.807, 2.05) is 20.8 Å². The molecule has 0 heterocycles. The molecule has 0 fully saturated rings. The number of rotatable bonds is 7. The second-order valence-corrected chi connectivity index (χ2v) is 5.32. The largest absolute Gasteiger partial charge is 0.463 e. The van der Waals surface area contributed by atoms with Crippen molar-refractivity contribution >= 4 is 5.97 Å². The monoisotopic (exact) mass is 264 g/mol. The molecular formula is C17H28O2. The zero-order valence-electron chi connectivity index (χ0n) is 13.2. The number of esters is 1. The van der Waals surface area contributed by atoms with Crippen LogP contribution in [-0.4, -0.2) is 12.6 Å². The van der Waals surface area contributed by atoms with Gasteiger partial charge in [-0.05, 0) is 59.0 Å². The van der Waals surface area contributed by atoms with E-state index in [0.717, 1.165) is 24.0 Å². The molecule has 2 nitrogen and oxygen atoms in total. The van der Waals surface area contributed by atoms with E-state index < -0.39 is 0 Å². The lowest BCUT2D eigenvalue weighted by Gasteiger charge is -2.07. The number of carbonyl (C=O) groups excluding carboxylic acids is 1.